The molecule has 0 aromatic heterocycles. The van der Waals surface area contributed by atoms with E-state index in [-0.39, 0.29) is 5.91 Å². The smallest absolute Gasteiger partial charge is 0.315 e. The van der Waals surface area contributed by atoms with Gasteiger partial charge in [0.1, 0.15) is 0 Å². The number of carbonyl (C=O) groups excluding carboxylic acids is 2. The van der Waals surface area contributed by atoms with Crippen molar-refractivity contribution in [3.63, 3.8) is 0 Å². The van der Waals surface area contributed by atoms with Crippen LogP contribution in [0.15, 0.2) is 0 Å². The van der Waals surface area contributed by atoms with E-state index in [9.17, 15) is 19.5 Å². The number of nitrogens with two attached hydrogens (primary N) is 1. The fourth-order valence-corrected chi connectivity index (χ4v) is 1.38. The molecule has 0 rings (SSSR count). The van der Waals surface area contributed by atoms with Gasteiger partial charge in [-0.1, -0.05) is 0 Å². The van der Waals surface area contributed by atoms with Gasteiger partial charge in [0, 0.05) is 13.0 Å². The van der Waals surface area contributed by atoms with Gasteiger partial charge >= 0.3 is 12.0 Å². The predicted molar refractivity (Wildman–Crippen MR) is 75.1 cm³/mol. The molecule has 3 amide bonds. The van der Waals surface area contributed by atoms with Crippen LogP contribution in [0.3, 0.4) is 0 Å². The highest BCUT2D eigenvalue weighted by molar-refractivity contribution is 5.79. The molecule has 0 spiro atoms. The van der Waals surface area contributed by atoms with Crippen LogP contribution in [0, 0.1) is 5.41 Å². The number of hydrogen-bond donors (Lipinski definition) is 4. The molecule has 0 fully saturated rings. The second kappa shape index (κ2) is 7.12. The Morgan fingerprint density at radius 2 is 1.65 bits per heavy atom. The molecule has 0 saturated carbocycles. The Bertz CT molecular complexity index is 378. The van der Waals surface area contributed by atoms with Gasteiger partial charge in [-0.2, -0.15) is 0 Å². The molecular formula is C13H25N3O4. The number of carboxylic acids is 1. The Balaban J connectivity index is 4.20. The van der Waals surface area contributed by atoms with Gasteiger partial charge < -0.3 is 21.5 Å². The Labute approximate surface area is 119 Å². The summed E-state index contributed by atoms with van der Waals surface area (Å²) in [7, 11) is 0. The molecule has 116 valence electrons. The molecule has 0 aliphatic heterocycles. The number of carboxylic acid groups (broad SMARTS) is 1. The van der Waals surface area contributed by atoms with Gasteiger partial charge in [-0.15, -0.1) is 0 Å². The number of hydrogen-bond acceptors (Lipinski definition) is 3. The summed E-state index contributed by atoms with van der Waals surface area (Å²) in [5, 5.41) is 14.5. The van der Waals surface area contributed by atoms with Gasteiger partial charge in [0.2, 0.25) is 5.91 Å². The van der Waals surface area contributed by atoms with Crippen molar-refractivity contribution in [2.75, 3.05) is 6.54 Å². The van der Waals surface area contributed by atoms with Crippen LogP contribution < -0.4 is 16.4 Å². The monoisotopic (exact) mass is 287 g/mol. The molecule has 0 heterocycles. The first-order chi connectivity index (χ1) is 9.00. The molecule has 0 atom stereocenters. The van der Waals surface area contributed by atoms with E-state index in [2.05, 4.69) is 10.6 Å². The lowest BCUT2D eigenvalue weighted by Gasteiger charge is -2.38. The van der Waals surface area contributed by atoms with E-state index >= 15 is 0 Å². The second-order valence-corrected chi connectivity index (χ2v) is 5.86. The van der Waals surface area contributed by atoms with Crippen molar-refractivity contribution in [3.8, 4) is 0 Å². The van der Waals surface area contributed by atoms with Crippen molar-refractivity contribution in [1.29, 1.82) is 0 Å². The van der Waals surface area contributed by atoms with Crippen molar-refractivity contribution in [2.24, 2.45) is 11.1 Å². The molecule has 0 bridgehead atoms. The SMILES string of the molecule is CC(C)(NC(=O)NCCCCC(N)=O)C(C)(C)C(=O)O. The van der Waals surface area contributed by atoms with Crippen LogP contribution in [0.25, 0.3) is 0 Å². The fraction of sp³-hybridized carbons (Fsp3) is 0.769. The molecular weight excluding hydrogens is 262 g/mol. The summed E-state index contributed by atoms with van der Waals surface area (Å²) in [6, 6.07) is -0.427. The van der Waals surface area contributed by atoms with Gasteiger partial charge in [-0.25, -0.2) is 4.79 Å². The highest BCUT2D eigenvalue weighted by Gasteiger charge is 2.44. The molecule has 0 aromatic rings. The van der Waals surface area contributed by atoms with E-state index in [0.29, 0.717) is 25.8 Å². The largest absolute Gasteiger partial charge is 0.481 e. The number of aliphatic carboxylic acids is 1. The van der Waals surface area contributed by atoms with Gasteiger partial charge in [0.15, 0.2) is 0 Å². The number of urea groups is 1. The van der Waals surface area contributed by atoms with E-state index in [1.807, 2.05) is 0 Å². The van der Waals surface area contributed by atoms with Crippen LogP contribution in [0.5, 0.6) is 0 Å². The molecule has 7 heteroatoms. The summed E-state index contributed by atoms with van der Waals surface area (Å²) >= 11 is 0. The predicted octanol–water partition coefficient (Wildman–Crippen LogP) is 0.831. The number of carbonyl (C=O) groups is 3. The van der Waals surface area contributed by atoms with Crippen LogP contribution >= 0.6 is 0 Å². The molecule has 0 aliphatic rings. The summed E-state index contributed by atoms with van der Waals surface area (Å²) < 4.78 is 0. The number of nitrogens with one attached hydrogen (secondary N) is 2. The standard InChI is InChI=1S/C13H25N3O4/c1-12(2,10(18)19)13(3,4)16-11(20)15-8-6-5-7-9(14)17/h5-8H2,1-4H3,(H2,14,17)(H,18,19)(H2,15,16,20). The molecule has 0 saturated heterocycles. The van der Waals surface area contributed by atoms with Crippen LogP contribution in [-0.2, 0) is 9.59 Å². The van der Waals surface area contributed by atoms with Crippen LogP contribution in [-0.4, -0.2) is 35.1 Å². The first kappa shape index (κ1) is 18.2. The van der Waals surface area contributed by atoms with Gasteiger partial charge in [0.25, 0.3) is 0 Å². The molecule has 20 heavy (non-hydrogen) atoms. The van der Waals surface area contributed by atoms with Crippen molar-refractivity contribution in [1.82, 2.24) is 10.6 Å². The number of amides is 3. The number of primary amides is 1. The average Bonchev–Trinajstić information content (AvgIpc) is 2.26. The molecule has 7 nitrogen and oxygen atoms in total. The summed E-state index contributed by atoms with van der Waals surface area (Å²) in [6.45, 7) is 6.84. The van der Waals surface area contributed by atoms with Crippen LogP contribution in [0.1, 0.15) is 47.0 Å². The second-order valence-electron chi connectivity index (χ2n) is 5.86. The number of unbranched alkanes of at least 4 members (excludes halogenated alkanes) is 1. The summed E-state index contributed by atoms with van der Waals surface area (Å²) in [5.74, 6) is -1.34. The van der Waals surface area contributed by atoms with Crippen molar-refractivity contribution in [3.05, 3.63) is 0 Å². The summed E-state index contributed by atoms with van der Waals surface area (Å²) in [4.78, 5) is 33.4. The minimum atomic E-state index is -1.10. The summed E-state index contributed by atoms with van der Waals surface area (Å²) in [5.41, 5.74) is 2.99. The highest BCUT2D eigenvalue weighted by atomic mass is 16.4. The minimum Gasteiger partial charge on any atom is -0.481 e. The maximum Gasteiger partial charge on any atom is 0.315 e. The first-order valence-electron chi connectivity index (χ1n) is 6.58. The van der Waals surface area contributed by atoms with E-state index < -0.39 is 23.0 Å². The van der Waals surface area contributed by atoms with Crippen molar-refractivity contribution >= 4 is 17.9 Å². The maximum atomic E-state index is 11.7. The lowest BCUT2D eigenvalue weighted by Crippen LogP contribution is -2.59. The zero-order chi connectivity index (χ0) is 16.0. The third-order valence-electron chi connectivity index (χ3n) is 3.66. The average molecular weight is 287 g/mol. The third-order valence-corrected chi connectivity index (χ3v) is 3.66. The molecule has 0 unspecified atom stereocenters. The van der Waals surface area contributed by atoms with Gasteiger partial charge in [-0.05, 0) is 40.5 Å². The fourth-order valence-electron chi connectivity index (χ4n) is 1.38. The molecule has 0 aromatic carbocycles. The minimum absolute atomic E-state index is 0.292. The Kier molecular flexibility index (Phi) is 6.48. The molecule has 5 N–H and O–H groups in total. The van der Waals surface area contributed by atoms with Gasteiger partial charge in [-0.3, -0.25) is 9.59 Å². The Morgan fingerprint density at radius 3 is 2.10 bits per heavy atom. The van der Waals surface area contributed by atoms with Crippen molar-refractivity contribution in [2.45, 2.75) is 52.5 Å². The highest BCUT2D eigenvalue weighted by Crippen LogP contribution is 2.30. The summed E-state index contributed by atoms with van der Waals surface area (Å²) in [6.07, 6.45) is 1.54. The number of rotatable bonds is 8. The first-order valence-corrected chi connectivity index (χ1v) is 6.58. The van der Waals surface area contributed by atoms with Crippen molar-refractivity contribution < 1.29 is 19.5 Å². The normalized spacial score (nSPS) is 11.8. The maximum absolute atomic E-state index is 11.7. The van der Waals surface area contributed by atoms with Crippen LogP contribution in [0.4, 0.5) is 4.79 Å². The van der Waals surface area contributed by atoms with Crippen LogP contribution in [0.2, 0.25) is 0 Å². The lowest BCUT2D eigenvalue weighted by atomic mass is 9.74. The zero-order valence-corrected chi connectivity index (χ0v) is 12.6. The third kappa shape index (κ3) is 5.46. The van der Waals surface area contributed by atoms with E-state index in [1.54, 1.807) is 27.7 Å². The molecule has 0 radical (unpaired) electrons. The van der Waals surface area contributed by atoms with Gasteiger partial charge in [0.05, 0.1) is 11.0 Å². The quantitative estimate of drug-likeness (QED) is 0.494. The zero-order valence-electron chi connectivity index (χ0n) is 12.6. The van der Waals surface area contributed by atoms with E-state index in [1.165, 1.54) is 0 Å². The lowest BCUT2D eigenvalue weighted by molar-refractivity contribution is -0.150. The van der Waals surface area contributed by atoms with E-state index in [4.69, 9.17) is 5.73 Å². The molecule has 0 aliphatic carbocycles. The van der Waals surface area contributed by atoms with E-state index in [0.717, 1.165) is 0 Å². The topological polar surface area (TPSA) is 122 Å². The Morgan fingerprint density at radius 1 is 1.10 bits per heavy atom. The Hall–Kier alpha value is -1.79.